The van der Waals surface area contributed by atoms with Crippen LogP contribution in [0.15, 0.2) is 0 Å². The fourth-order valence-corrected chi connectivity index (χ4v) is 2.11. The highest BCUT2D eigenvalue weighted by atomic mass is 16.5. The largest absolute Gasteiger partial charge is 0.373 e. The minimum absolute atomic E-state index is 0.135. The lowest BCUT2D eigenvalue weighted by molar-refractivity contribution is -0.129. The van der Waals surface area contributed by atoms with Crippen molar-refractivity contribution in [1.82, 2.24) is 4.90 Å². The number of amides is 1. The molecule has 1 fully saturated rings. The van der Waals surface area contributed by atoms with E-state index < -0.39 is 0 Å². The van der Waals surface area contributed by atoms with Gasteiger partial charge in [0.15, 0.2) is 0 Å². The van der Waals surface area contributed by atoms with Crippen molar-refractivity contribution in [3.8, 4) is 0 Å². The molecule has 0 aromatic heterocycles. The first-order valence-corrected chi connectivity index (χ1v) is 5.23. The maximum absolute atomic E-state index is 11.2. The highest BCUT2D eigenvalue weighted by Crippen LogP contribution is 2.14. The first-order valence-electron chi connectivity index (χ1n) is 5.23. The number of nitrogens with zero attached hydrogens (tertiary/aromatic N) is 1. The molecule has 1 aliphatic rings. The second-order valence-corrected chi connectivity index (χ2v) is 4.04. The molecule has 1 amide bonds. The van der Waals surface area contributed by atoms with E-state index in [0.717, 1.165) is 19.5 Å². The van der Waals surface area contributed by atoms with Crippen LogP contribution in [-0.4, -0.2) is 42.1 Å². The number of ether oxygens (including phenoxy) is 1. The summed E-state index contributed by atoms with van der Waals surface area (Å²) in [6.07, 6.45) is 1.15. The lowest BCUT2D eigenvalue weighted by Crippen LogP contribution is -2.53. The van der Waals surface area contributed by atoms with Gasteiger partial charge in [-0.1, -0.05) is 6.92 Å². The molecule has 1 rings (SSSR count). The van der Waals surface area contributed by atoms with Gasteiger partial charge in [-0.2, -0.15) is 0 Å². The Morgan fingerprint density at radius 3 is 2.36 bits per heavy atom. The van der Waals surface area contributed by atoms with E-state index in [1.54, 1.807) is 0 Å². The van der Waals surface area contributed by atoms with Crippen molar-refractivity contribution in [3.63, 3.8) is 0 Å². The molecular weight excluding hydrogens is 180 g/mol. The van der Waals surface area contributed by atoms with E-state index in [4.69, 9.17) is 10.5 Å². The Kier molecular flexibility index (Phi) is 3.89. The summed E-state index contributed by atoms with van der Waals surface area (Å²) in [4.78, 5) is 13.3. The summed E-state index contributed by atoms with van der Waals surface area (Å²) in [5.41, 5.74) is 5.35. The maximum atomic E-state index is 11.2. The molecule has 0 saturated carbocycles. The summed E-state index contributed by atoms with van der Waals surface area (Å²) in [5.74, 6) is -0.228. The minimum Gasteiger partial charge on any atom is -0.373 e. The monoisotopic (exact) mass is 200 g/mol. The molecule has 0 aliphatic carbocycles. The number of morpholine rings is 1. The van der Waals surface area contributed by atoms with Crippen LogP contribution in [0.25, 0.3) is 0 Å². The molecule has 0 aromatic carbocycles. The minimum atomic E-state index is -0.228. The topological polar surface area (TPSA) is 55.6 Å². The summed E-state index contributed by atoms with van der Waals surface area (Å²) in [6.45, 7) is 7.63. The quantitative estimate of drug-likeness (QED) is 0.715. The molecule has 0 bridgehead atoms. The van der Waals surface area contributed by atoms with Crippen LogP contribution in [-0.2, 0) is 9.53 Å². The van der Waals surface area contributed by atoms with Crippen LogP contribution in [0.3, 0.4) is 0 Å². The Morgan fingerprint density at radius 2 is 2.00 bits per heavy atom. The molecular formula is C10H20N2O2. The third kappa shape index (κ3) is 2.69. The summed E-state index contributed by atoms with van der Waals surface area (Å²) in [7, 11) is 0. The second-order valence-electron chi connectivity index (χ2n) is 4.04. The third-order valence-electron chi connectivity index (χ3n) is 2.60. The van der Waals surface area contributed by atoms with E-state index in [2.05, 4.69) is 4.90 Å². The Balaban J connectivity index is 2.61. The van der Waals surface area contributed by atoms with Crippen molar-refractivity contribution in [2.45, 2.75) is 45.4 Å². The van der Waals surface area contributed by atoms with Gasteiger partial charge in [0, 0.05) is 13.1 Å². The van der Waals surface area contributed by atoms with Crippen molar-refractivity contribution in [1.29, 1.82) is 0 Å². The first kappa shape index (κ1) is 11.5. The van der Waals surface area contributed by atoms with Crippen LogP contribution < -0.4 is 5.73 Å². The van der Waals surface area contributed by atoms with Gasteiger partial charge in [-0.25, -0.2) is 0 Å². The lowest BCUT2D eigenvalue weighted by Gasteiger charge is -2.38. The van der Waals surface area contributed by atoms with Gasteiger partial charge in [-0.15, -0.1) is 0 Å². The molecule has 82 valence electrons. The van der Waals surface area contributed by atoms with Crippen LogP contribution >= 0.6 is 0 Å². The summed E-state index contributed by atoms with van der Waals surface area (Å²) in [5, 5.41) is 0. The Hall–Kier alpha value is -0.610. The van der Waals surface area contributed by atoms with E-state index in [1.165, 1.54) is 0 Å². The summed E-state index contributed by atoms with van der Waals surface area (Å²) >= 11 is 0. The van der Waals surface area contributed by atoms with Gasteiger partial charge in [0.1, 0.15) is 0 Å². The lowest BCUT2D eigenvalue weighted by atomic mass is 10.1. The summed E-state index contributed by atoms with van der Waals surface area (Å²) < 4.78 is 5.60. The SMILES string of the molecule is CCC(C(N)=O)N1C[C@@H](C)O[C@@H](C)C1. The van der Waals surface area contributed by atoms with Gasteiger partial charge in [0.25, 0.3) is 0 Å². The predicted molar refractivity (Wildman–Crippen MR) is 54.9 cm³/mol. The maximum Gasteiger partial charge on any atom is 0.234 e. The Morgan fingerprint density at radius 1 is 1.50 bits per heavy atom. The molecule has 0 spiro atoms. The van der Waals surface area contributed by atoms with Gasteiger partial charge in [0.2, 0.25) is 5.91 Å². The molecule has 0 radical (unpaired) electrons. The second kappa shape index (κ2) is 4.75. The Labute approximate surface area is 85.4 Å². The first-order chi connectivity index (χ1) is 6.54. The average Bonchev–Trinajstić information content (AvgIpc) is 2.02. The van der Waals surface area contributed by atoms with Gasteiger partial charge >= 0.3 is 0 Å². The summed E-state index contributed by atoms with van der Waals surface area (Å²) in [6, 6.07) is -0.135. The molecule has 4 heteroatoms. The molecule has 14 heavy (non-hydrogen) atoms. The van der Waals surface area contributed by atoms with Gasteiger partial charge in [-0.05, 0) is 20.3 Å². The zero-order valence-electron chi connectivity index (χ0n) is 9.19. The van der Waals surface area contributed by atoms with Crippen molar-refractivity contribution in [2.24, 2.45) is 5.73 Å². The van der Waals surface area contributed by atoms with Crippen molar-refractivity contribution >= 4 is 5.91 Å². The Bertz CT molecular complexity index is 198. The number of hydrogen-bond donors (Lipinski definition) is 1. The van der Waals surface area contributed by atoms with Crippen molar-refractivity contribution in [2.75, 3.05) is 13.1 Å². The van der Waals surface area contributed by atoms with E-state index in [1.807, 2.05) is 20.8 Å². The molecule has 1 saturated heterocycles. The van der Waals surface area contributed by atoms with Crippen molar-refractivity contribution < 1.29 is 9.53 Å². The van der Waals surface area contributed by atoms with Gasteiger partial charge in [0.05, 0.1) is 18.2 Å². The van der Waals surface area contributed by atoms with Gasteiger partial charge < -0.3 is 10.5 Å². The molecule has 2 N–H and O–H groups in total. The predicted octanol–water partition coefficient (Wildman–Crippen LogP) is 0.359. The van der Waals surface area contributed by atoms with Gasteiger partial charge in [-0.3, -0.25) is 9.69 Å². The number of primary amides is 1. The number of rotatable bonds is 3. The van der Waals surface area contributed by atoms with Crippen molar-refractivity contribution in [3.05, 3.63) is 0 Å². The smallest absolute Gasteiger partial charge is 0.234 e. The molecule has 3 atom stereocenters. The van der Waals surface area contributed by atoms with Crippen LogP contribution in [0.1, 0.15) is 27.2 Å². The van der Waals surface area contributed by atoms with Crippen LogP contribution in [0.5, 0.6) is 0 Å². The van der Waals surface area contributed by atoms with E-state index in [0.29, 0.717) is 0 Å². The third-order valence-corrected chi connectivity index (χ3v) is 2.60. The zero-order chi connectivity index (χ0) is 10.7. The standard InChI is InChI=1S/C10H20N2O2/c1-4-9(10(11)13)12-5-7(2)14-8(3)6-12/h7-9H,4-6H2,1-3H3,(H2,11,13)/t7-,8+,9?. The zero-order valence-corrected chi connectivity index (χ0v) is 9.19. The fraction of sp³-hybridized carbons (Fsp3) is 0.900. The van der Waals surface area contributed by atoms with E-state index >= 15 is 0 Å². The molecule has 1 heterocycles. The van der Waals surface area contributed by atoms with Crippen LogP contribution in [0.2, 0.25) is 0 Å². The number of nitrogens with two attached hydrogens (primary N) is 1. The van der Waals surface area contributed by atoms with E-state index in [-0.39, 0.29) is 24.2 Å². The molecule has 1 aliphatic heterocycles. The van der Waals surface area contributed by atoms with Crippen LogP contribution in [0, 0.1) is 0 Å². The molecule has 1 unspecified atom stereocenters. The van der Waals surface area contributed by atoms with E-state index in [9.17, 15) is 4.79 Å². The highest BCUT2D eigenvalue weighted by molar-refractivity contribution is 5.79. The molecule has 4 nitrogen and oxygen atoms in total. The average molecular weight is 200 g/mol. The fourth-order valence-electron chi connectivity index (χ4n) is 2.11. The number of hydrogen-bond acceptors (Lipinski definition) is 3. The normalized spacial score (nSPS) is 31.4. The number of carbonyl (C=O) groups is 1. The van der Waals surface area contributed by atoms with Crippen LogP contribution in [0.4, 0.5) is 0 Å². The highest BCUT2D eigenvalue weighted by Gasteiger charge is 2.29. The molecule has 0 aromatic rings. The number of carbonyl (C=O) groups excluding carboxylic acids is 1.